The van der Waals surface area contributed by atoms with E-state index < -0.39 is 9.84 Å². The molecule has 0 saturated carbocycles. The Labute approximate surface area is 121 Å². The second-order valence-corrected chi connectivity index (χ2v) is 6.35. The molecule has 0 radical (unpaired) electrons. The van der Waals surface area contributed by atoms with Crippen LogP contribution in [0.4, 0.5) is 0 Å². The van der Waals surface area contributed by atoms with E-state index in [4.69, 9.17) is 23.2 Å². The summed E-state index contributed by atoms with van der Waals surface area (Å²) in [4.78, 5) is 4.15. The van der Waals surface area contributed by atoms with Crippen molar-refractivity contribution < 1.29 is 8.42 Å². The molecule has 19 heavy (non-hydrogen) atoms. The summed E-state index contributed by atoms with van der Waals surface area (Å²) in [5, 5.41) is 1.95. The fourth-order valence-corrected chi connectivity index (χ4v) is 2.67. The van der Waals surface area contributed by atoms with E-state index in [9.17, 15) is 8.42 Å². The molecule has 0 fully saturated rings. The van der Waals surface area contributed by atoms with Gasteiger partial charge in [-0.2, -0.15) is 0 Å². The Bertz CT molecular complexity index is 710. The molecular weight excluding hydrogens is 305 g/mol. The average molecular weight is 314 g/mol. The Morgan fingerprint density at radius 3 is 2.37 bits per heavy atom. The molecule has 1 aromatic carbocycles. The molecule has 1 heterocycles. The molecule has 0 N–H and O–H groups in total. The Morgan fingerprint density at radius 1 is 1.05 bits per heavy atom. The predicted octanol–water partition coefficient (Wildman–Crippen LogP) is 3.83. The van der Waals surface area contributed by atoms with Gasteiger partial charge in [-0.1, -0.05) is 23.2 Å². The summed E-state index contributed by atoms with van der Waals surface area (Å²) in [6, 6.07) is 9.26. The van der Waals surface area contributed by atoms with Crippen molar-refractivity contribution in [2.45, 2.75) is 4.90 Å². The lowest BCUT2D eigenvalue weighted by atomic mass is 10.3. The number of benzene rings is 1. The average Bonchev–Trinajstić information content (AvgIpc) is 2.38. The maximum absolute atomic E-state index is 12.0. The molecule has 1 aromatic heterocycles. The van der Waals surface area contributed by atoms with Crippen molar-refractivity contribution >= 4 is 39.1 Å². The molecular formula is C13H9Cl2NO2S. The summed E-state index contributed by atoms with van der Waals surface area (Å²) in [5.74, 6) is 0. The molecule has 0 aliphatic carbocycles. The SMILES string of the molecule is O=S(=O)(/C=C/c1ncccc1Cl)c1ccc(Cl)cc1. The van der Waals surface area contributed by atoms with Crippen molar-refractivity contribution in [1.82, 2.24) is 4.98 Å². The Kier molecular flexibility index (Phi) is 4.24. The van der Waals surface area contributed by atoms with Crippen molar-refractivity contribution in [3.63, 3.8) is 0 Å². The highest BCUT2D eigenvalue weighted by atomic mass is 35.5. The van der Waals surface area contributed by atoms with E-state index >= 15 is 0 Å². The van der Waals surface area contributed by atoms with Crippen LogP contribution in [0.3, 0.4) is 0 Å². The zero-order chi connectivity index (χ0) is 13.9. The summed E-state index contributed by atoms with van der Waals surface area (Å²) in [7, 11) is -3.53. The number of rotatable bonds is 3. The monoisotopic (exact) mass is 313 g/mol. The van der Waals surface area contributed by atoms with Crippen molar-refractivity contribution in [3.05, 3.63) is 63.7 Å². The molecule has 0 unspecified atom stereocenters. The highest BCUT2D eigenvalue weighted by Crippen LogP contribution is 2.19. The van der Waals surface area contributed by atoms with Gasteiger partial charge in [0, 0.05) is 16.6 Å². The third-order valence-electron chi connectivity index (χ3n) is 2.33. The highest BCUT2D eigenvalue weighted by Gasteiger charge is 2.10. The molecule has 0 spiro atoms. The second kappa shape index (κ2) is 5.74. The highest BCUT2D eigenvalue weighted by molar-refractivity contribution is 7.94. The Hall–Kier alpha value is -1.36. The van der Waals surface area contributed by atoms with E-state index in [1.54, 1.807) is 18.3 Å². The molecule has 2 rings (SSSR count). The van der Waals surface area contributed by atoms with Gasteiger partial charge in [0.25, 0.3) is 0 Å². The standard InChI is InChI=1S/C13H9Cl2NO2S/c14-10-3-5-11(6-4-10)19(17,18)9-7-13-12(15)2-1-8-16-13/h1-9H/b9-7+. The van der Waals surface area contributed by atoms with Gasteiger partial charge in [0.15, 0.2) is 9.84 Å². The first-order chi connectivity index (χ1) is 8.99. The van der Waals surface area contributed by atoms with E-state index in [1.807, 2.05) is 0 Å². The smallest absolute Gasteiger partial charge is 0.199 e. The number of hydrogen-bond acceptors (Lipinski definition) is 3. The van der Waals surface area contributed by atoms with Gasteiger partial charge in [-0.05, 0) is 42.5 Å². The maximum atomic E-state index is 12.0. The first kappa shape index (κ1) is 14.1. The number of sulfone groups is 1. The maximum Gasteiger partial charge on any atom is 0.199 e. The Morgan fingerprint density at radius 2 is 1.74 bits per heavy atom. The lowest BCUT2D eigenvalue weighted by molar-refractivity contribution is 0.605. The Balaban J connectivity index is 2.32. The summed E-state index contributed by atoms with van der Waals surface area (Å²) >= 11 is 11.6. The number of hydrogen-bond donors (Lipinski definition) is 0. The third kappa shape index (κ3) is 3.56. The zero-order valence-electron chi connectivity index (χ0n) is 9.62. The minimum Gasteiger partial charge on any atom is -0.255 e. The van der Waals surface area contributed by atoms with Gasteiger partial charge in [-0.25, -0.2) is 8.42 Å². The molecule has 0 atom stereocenters. The van der Waals surface area contributed by atoms with Crippen molar-refractivity contribution in [1.29, 1.82) is 0 Å². The lowest BCUT2D eigenvalue weighted by Gasteiger charge is -1.99. The first-order valence-electron chi connectivity index (χ1n) is 5.28. The number of pyridine rings is 1. The van der Waals surface area contributed by atoms with Crippen LogP contribution in [0.2, 0.25) is 10.0 Å². The van der Waals surface area contributed by atoms with Crippen LogP contribution in [0.1, 0.15) is 5.69 Å². The fourth-order valence-electron chi connectivity index (χ4n) is 1.38. The van der Waals surface area contributed by atoms with Crippen LogP contribution in [0.25, 0.3) is 6.08 Å². The number of halogens is 2. The quantitative estimate of drug-likeness (QED) is 0.865. The molecule has 2 aromatic rings. The van der Waals surface area contributed by atoms with Crippen LogP contribution in [-0.4, -0.2) is 13.4 Å². The molecule has 98 valence electrons. The molecule has 0 amide bonds. The molecule has 0 saturated heterocycles. The molecule has 0 aliphatic rings. The van der Waals surface area contributed by atoms with E-state index in [1.165, 1.54) is 30.3 Å². The van der Waals surface area contributed by atoms with Gasteiger partial charge >= 0.3 is 0 Å². The molecule has 6 heteroatoms. The second-order valence-electron chi connectivity index (χ2n) is 3.67. The molecule has 0 bridgehead atoms. The van der Waals surface area contributed by atoms with Crippen LogP contribution < -0.4 is 0 Å². The van der Waals surface area contributed by atoms with Crippen LogP contribution >= 0.6 is 23.2 Å². The zero-order valence-corrected chi connectivity index (χ0v) is 12.0. The summed E-state index contributed by atoms with van der Waals surface area (Å²) in [5.41, 5.74) is 0.404. The molecule has 0 aliphatic heterocycles. The van der Waals surface area contributed by atoms with Crippen LogP contribution in [-0.2, 0) is 9.84 Å². The predicted molar refractivity (Wildman–Crippen MR) is 76.9 cm³/mol. The minimum absolute atomic E-state index is 0.167. The first-order valence-corrected chi connectivity index (χ1v) is 7.58. The van der Waals surface area contributed by atoms with E-state index in [0.717, 1.165) is 5.41 Å². The summed E-state index contributed by atoms with van der Waals surface area (Å²) in [6.45, 7) is 0. The van der Waals surface area contributed by atoms with Gasteiger partial charge in [-0.3, -0.25) is 4.98 Å². The van der Waals surface area contributed by atoms with Gasteiger partial charge in [-0.15, -0.1) is 0 Å². The lowest BCUT2D eigenvalue weighted by Crippen LogP contribution is -1.95. The van der Waals surface area contributed by atoms with E-state index in [2.05, 4.69) is 4.98 Å². The largest absolute Gasteiger partial charge is 0.255 e. The van der Waals surface area contributed by atoms with Gasteiger partial charge in [0.05, 0.1) is 15.6 Å². The van der Waals surface area contributed by atoms with Crippen molar-refractivity contribution in [2.24, 2.45) is 0 Å². The third-order valence-corrected chi connectivity index (χ3v) is 4.33. The molecule has 3 nitrogen and oxygen atoms in total. The number of nitrogens with zero attached hydrogens (tertiary/aromatic N) is 1. The van der Waals surface area contributed by atoms with Crippen LogP contribution in [0, 0.1) is 0 Å². The van der Waals surface area contributed by atoms with E-state index in [-0.39, 0.29) is 4.90 Å². The van der Waals surface area contributed by atoms with Crippen LogP contribution in [0.15, 0.2) is 52.9 Å². The van der Waals surface area contributed by atoms with Gasteiger partial charge in [0.1, 0.15) is 0 Å². The van der Waals surface area contributed by atoms with Crippen molar-refractivity contribution in [3.8, 4) is 0 Å². The fraction of sp³-hybridized carbons (Fsp3) is 0. The summed E-state index contributed by atoms with van der Waals surface area (Å²) < 4.78 is 24.1. The van der Waals surface area contributed by atoms with Gasteiger partial charge < -0.3 is 0 Å². The van der Waals surface area contributed by atoms with Crippen LogP contribution in [0.5, 0.6) is 0 Å². The normalized spacial score (nSPS) is 11.9. The van der Waals surface area contributed by atoms with E-state index in [0.29, 0.717) is 15.7 Å². The number of aromatic nitrogens is 1. The minimum atomic E-state index is -3.53. The summed E-state index contributed by atoms with van der Waals surface area (Å²) in [6.07, 6.45) is 2.91. The topological polar surface area (TPSA) is 47.0 Å². The van der Waals surface area contributed by atoms with Gasteiger partial charge in [0.2, 0.25) is 0 Å². The van der Waals surface area contributed by atoms with Crippen molar-refractivity contribution in [2.75, 3.05) is 0 Å².